The zero-order chi connectivity index (χ0) is 9.23. The van der Waals surface area contributed by atoms with Crippen molar-refractivity contribution in [2.24, 2.45) is 0 Å². The monoisotopic (exact) mass is 169 g/mol. The number of hydrogen-bond donors (Lipinski definition) is 1. The quantitative estimate of drug-likeness (QED) is 0.479. The number of carbonyl (C=O) groups excluding carboxylic acids is 1. The van der Waals surface area contributed by atoms with Crippen molar-refractivity contribution in [2.75, 3.05) is 6.54 Å². The summed E-state index contributed by atoms with van der Waals surface area (Å²) in [4.78, 5) is 10.9. The molecule has 1 amide bonds. The van der Waals surface area contributed by atoms with Gasteiger partial charge < -0.3 is 5.32 Å². The molecule has 0 aromatic rings. The molecular weight excluding hydrogens is 150 g/mol. The summed E-state index contributed by atoms with van der Waals surface area (Å²) >= 11 is 0. The van der Waals surface area contributed by atoms with Crippen LogP contribution in [-0.2, 0) is 4.79 Å². The van der Waals surface area contributed by atoms with Gasteiger partial charge in [0, 0.05) is 6.54 Å². The molecule has 0 aromatic carbocycles. The van der Waals surface area contributed by atoms with Crippen LogP contribution < -0.4 is 5.32 Å². The Morgan fingerprint density at radius 2 is 2.08 bits per heavy atom. The number of nitrogens with one attached hydrogen (secondary N) is 1. The predicted octanol–water partition coefficient (Wildman–Crippen LogP) is 2.26. The molecule has 0 heterocycles. The Labute approximate surface area is 75.0 Å². The number of rotatable bonds is 6. The molecule has 0 rings (SSSR count). The molecule has 0 aromatic heterocycles. The maximum absolute atomic E-state index is 10.9. The Balaban J connectivity index is 3.14. The zero-order valence-electron chi connectivity index (χ0n) is 8.10. The summed E-state index contributed by atoms with van der Waals surface area (Å²) in [7, 11) is 0. The normalized spacial score (nSPS) is 10.5. The van der Waals surface area contributed by atoms with Gasteiger partial charge in [-0.15, -0.1) is 0 Å². The minimum absolute atomic E-state index is 0.0222. The predicted molar refractivity (Wildman–Crippen MR) is 52.0 cm³/mol. The number of hydrogen-bond acceptors (Lipinski definition) is 1. The van der Waals surface area contributed by atoms with Crippen LogP contribution in [0.3, 0.4) is 0 Å². The second-order valence-corrected chi connectivity index (χ2v) is 2.85. The number of carbonyl (C=O) groups is 1. The Kier molecular flexibility index (Phi) is 7.76. The van der Waals surface area contributed by atoms with Crippen molar-refractivity contribution in [3.63, 3.8) is 0 Å². The highest BCUT2D eigenvalue weighted by atomic mass is 16.1. The Morgan fingerprint density at radius 3 is 2.67 bits per heavy atom. The van der Waals surface area contributed by atoms with Gasteiger partial charge in [-0.1, -0.05) is 32.3 Å². The van der Waals surface area contributed by atoms with E-state index in [0.29, 0.717) is 0 Å². The molecular formula is C10H19NO. The van der Waals surface area contributed by atoms with Gasteiger partial charge in [0.2, 0.25) is 5.91 Å². The van der Waals surface area contributed by atoms with Crippen LogP contribution in [0.4, 0.5) is 0 Å². The van der Waals surface area contributed by atoms with Gasteiger partial charge in [-0.2, -0.15) is 0 Å². The third-order valence-electron chi connectivity index (χ3n) is 1.65. The molecule has 12 heavy (non-hydrogen) atoms. The highest BCUT2D eigenvalue weighted by molar-refractivity contribution is 5.87. The third-order valence-corrected chi connectivity index (χ3v) is 1.65. The minimum Gasteiger partial charge on any atom is -0.353 e. The van der Waals surface area contributed by atoms with Crippen molar-refractivity contribution < 1.29 is 4.79 Å². The smallest absolute Gasteiger partial charge is 0.243 e. The summed E-state index contributed by atoms with van der Waals surface area (Å²) in [6.07, 6.45) is 8.12. The first-order valence-corrected chi connectivity index (χ1v) is 4.71. The standard InChI is InChI=1S/C10H19NO/c1-3-5-6-7-9-11-10(12)8-4-2/h4,8H,3,5-7,9H2,1-2H3,(H,11,12)/b8-4-. The summed E-state index contributed by atoms with van der Waals surface area (Å²) in [5.74, 6) is 0.0222. The second-order valence-electron chi connectivity index (χ2n) is 2.85. The van der Waals surface area contributed by atoms with E-state index in [1.54, 1.807) is 12.2 Å². The lowest BCUT2D eigenvalue weighted by Gasteiger charge is -2.00. The van der Waals surface area contributed by atoms with Gasteiger partial charge >= 0.3 is 0 Å². The Hall–Kier alpha value is -0.790. The van der Waals surface area contributed by atoms with E-state index in [1.165, 1.54) is 19.3 Å². The summed E-state index contributed by atoms with van der Waals surface area (Å²) in [5, 5.41) is 2.82. The molecule has 0 bridgehead atoms. The lowest BCUT2D eigenvalue weighted by Crippen LogP contribution is -2.21. The SMILES string of the molecule is C/C=C\C(=O)NCCCCCC. The second kappa shape index (κ2) is 8.31. The number of amides is 1. The van der Waals surface area contributed by atoms with Crippen molar-refractivity contribution in [2.45, 2.75) is 39.5 Å². The van der Waals surface area contributed by atoms with E-state index in [2.05, 4.69) is 12.2 Å². The van der Waals surface area contributed by atoms with Gasteiger partial charge in [0.1, 0.15) is 0 Å². The van der Waals surface area contributed by atoms with Crippen molar-refractivity contribution >= 4 is 5.91 Å². The lowest BCUT2D eigenvalue weighted by atomic mass is 10.2. The Bertz CT molecular complexity index is 141. The number of allylic oxidation sites excluding steroid dienone is 1. The highest BCUT2D eigenvalue weighted by Crippen LogP contribution is 1.96. The van der Waals surface area contributed by atoms with Crippen molar-refractivity contribution in [1.29, 1.82) is 0 Å². The largest absolute Gasteiger partial charge is 0.353 e. The first kappa shape index (κ1) is 11.2. The molecule has 0 saturated heterocycles. The van der Waals surface area contributed by atoms with Crippen LogP contribution in [0.5, 0.6) is 0 Å². The van der Waals surface area contributed by atoms with Crippen molar-refractivity contribution in [3.05, 3.63) is 12.2 Å². The minimum atomic E-state index is 0.0222. The van der Waals surface area contributed by atoms with Crippen LogP contribution >= 0.6 is 0 Å². The molecule has 0 aliphatic heterocycles. The van der Waals surface area contributed by atoms with E-state index >= 15 is 0 Å². The summed E-state index contributed by atoms with van der Waals surface area (Å²) in [5.41, 5.74) is 0. The van der Waals surface area contributed by atoms with Gasteiger partial charge in [0.15, 0.2) is 0 Å². The molecule has 2 heteroatoms. The van der Waals surface area contributed by atoms with Crippen LogP contribution in [0.15, 0.2) is 12.2 Å². The van der Waals surface area contributed by atoms with E-state index in [1.807, 2.05) is 6.92 Å². The maximum Gasteiger partial charge on any atom is 0.243 e. The van der Waals surface area contributed by atoms with E-state index in [0.717, 1.165) is 13.0 Å². The van der Waals surface area contributed by atoms with Crippen molar-refractivity contribution in [3.8, 4) is 0 Å². The van der Waals surface area contributed by atoms with Gasteiger partial charge in [-0.05, 0) is 19.4 Å². The fourth-order valence-corrected chi connectivity index (χ4v) is 0.974. The average molecular weight is 169 g/mol. The van der Waals surface area contributed by atoms with Gasteiger partial charge in [0.05, 0.1) is 0 Å². The van der Waals surface area contributed by atoms with E-state index in [4.69, 9.17) is 0 Å². The fraction of sp³-hybridized carbons (Fsp3) is 0.700. The fourth-order valence-electron chi connectivity index (χ4n) is 0.974. The molecule has 0 fully saturated rings. The summed E-state index contributed by atoms with van der Waals surface area (Å²) < 4.78 is 0. The molecule has 0 radical (unpaired) electrons. The van der Waals surface area contributed by atoms with E-state index in [9.17, 15) is 4.79 Å². The Morgan fingerprint density at radius 1 is 1.33 bits per heavy atom. The molecule has 0 saturated carbocycles. The molecule has 0 aliphatic rings. The molecule has 1 N–H and O–H groups in total. The molecule has 0 atom stereocenters. The van der Waals surface area contributed by atoms with Crippen LogP contribution in [-0.4, -0.2) is 12.5 Å². The third kappa shape index (κ3) is 7.32. The highest BCUT2D eigenvalue weighted by Gasteiger charge is 1.92. The van der Waals surface area contributed by atoms with Crippen LogP contribution in [0, 0.1) is 0 Å². The molecule has 70 valence electrons. The van der Waals surface area contributed by atoms with E-state index < -0.39 is 0 Å². The van der Waals surface area contributed by atoms with E-state index in [-0.39, 0.29) is 5.91 Å². The molecule has 0 aliphatic carbocycles. The number of unbranched alkanes of at least 4 members (excludes halogenated alkanes) is 3. The van der Waals surface area contributed by atoms with Gasteiger partial charge in [0.25, 0.3) is 0 Å². The maximum atomic E-state index is 10.9. The van der Waals surface area contributed by atoms with Gasteiger partial charge in [-0.3, -0.25) is 4.79 Å². The molecule has 2 nitrogen and oxygen atoms in total. The first-order valence-electron chi connectivity index (χ1n) is 4.71. The molecule has 0 spiro atoms. The first-order chi connectivity index (χ1) is 5.81. The lowest BCUT2D eigenvalue weighted by molar-refractivity contribution is -0.116. The molecule has 0 unspecified atom stereocenters. The summed E-state index contributed by atoms with van der Waals surface area (Å²) in [6, 6.07) is 0. The van der Waals surface area contributed by atoms with Crippen LogP contribution in [0.2, 0.25) is 0 Å². The zero-order valence-corrected chi connectivity index (χ0v) is 8.10. The average Bonchev–Trinajstić information content (AvgIpc) is 2.05. The van der Waals surface area contributed by atoms with Gasteiger partial charge in [-0.25, -0.2) is 0 Å². The van der Waals surface area contributed by atoms with Crippen LogP contribution in [0.1, 0.15) is 39.5 Å². The topological polar surface area (TPSA) is 29.1 Å². The summed E-state index contributed by atoms with van der Waals surface area (Å²) in [6.45, 7) is 4.83. The van der Waals surface area contributed by atoms with Crippen molar-refractivity contribution in [1.82, 2.24) is 5.32 Å². The van der Waals surface area contributed by atoms with Crippen LogP contribution in [0.25, 0.3) is 0 Å².